The molecule has 0 radical (unpaired) electrons. The van der Waals surface area contributed by atoms with Crippen LogP contribution in [0.2, 0.25) is 0 Å². The Labute approximate surface area is 103 Å². The third-order valence-electron chi connectivity index (χ3n) is 3.37. The van der Waals surface area contributed by atoms with Gasteiger partial charge in [-0.1, -0.05) is 40.7 Å². The summed E-state index contributed by atoms with van der Waals surface area (Å²) >= 11 is 0. The maximum absolute atomic E-state index is 4.27. The van der Waals surface area contributed by atoms with Crippen molar-refractivity contribution in [2.75, 3.05) is 13.6 Å². The molecule has 0 rings (SSSR count). The number of hydrogen-bond acceptors (Lipinski definition) is 1. The molecule has 0 fully saturated rings. The van der Waals surface area contributed by atoms with Crippen LogP contribution >= 0.6 is 0 Å². The molecule has 0 saturated carbocycles. The molecule has 0 heterocycles. The first-order valence-electron chi connectivity index (χ1n) is 6.92. The van der Waals surface area contributed by atoms with Crippen LogP contribution in [0.25, 0.3) is 0 Å². The van der Waals surface area contributed by atoms with Gasteiger partial charge in [0.25, 0.3) is 0 Å². The van der Waals surface area contributed by atoms with Crippen molar-refractivity contribution >= 4 is 0 Å². The summed E-state index contributed by atoms with van der Waals surface area (Å²) in [5.41, 5.74) is 1.34. The van der Waals surface area contributed by atoms with E-state index in [9.17, 15) is 0 Å². The van der Waals surface area contributed by atoms with Gasteiger partial charge in [0.2, 0.25) is 0 Å². The third kappa shape index (κ3) is 6.19. The SMILES string of the molecule is C=C(C(CC)CCC)N(C)CCCC(C)C. The minimum Gasteiger partial charge on any atom is -0.378 e. The molecule has 1 atom stereocenters. The van der Waals surface area contributed by atoms with Crippen molar-refractivity contribution in [3.05, 3.63) is 12.3 Å². The van der Waals surface area contributed by atoms with Crippen LogP contribution in [0.1, 0.15) is 59.8 Å². The van der Waals surface area contributed by atoms with Crippen LogP contribution in [0.5, 0.6) is 0 Å². The first-order valence-corrected chi connectivity index (χ1v) is 6.92. The molecular weight excluding hydrogens is 194 g/mol. The number of hydrogen-bond donors (Lipinski definition) is 0. The zero-order chi connectivity index (χ0) is 12.6. The largest absolute Gasteiger partial charge is 0.378 e. The van der Waals surface area contributed by atoms with E-state index in [1.165, 1.54) is 37.8 Å². The summed E-state index contributed by atoms with van der Waals surface area (Å²) < 4.78 is 0. The van der Waals surface area contributed by atoms with E-state index in [-0.39, 0.29) is 0 Å². The first kappa shape index (κ1) is 15.5. The fraction of sp³-hybridized carbons (Fsp3) is 0.867. The summed E-state index contributed by atoms with van der Waals surface area (Å²) in [7, 11) is 2.20. The van der Waals surface area contributed by atoms with Crippen molar-refractivity contribution in [2.45, 2.75) is 59.8 Å². The maximum Gasteiger partial charge on any atom is 0.0171 e. The van der Waals surface area contributed by atoms with E-state index in [0.29, 0.717) is 5.92 Å². The van der Waals surface area contributed by atoms with Crippen LogP contribution in [0, 0.1) is 11.8 Å². The van der Waals surface area contributed by atoms with Crippen LogP contribution < -0.4 is 0 Å². The van der Waals surface area contributed by atoms with E-state index in [0.717, 1.165) is 12.5 Å². The summed E-state index contributed by atoms with van der Waals surface area (Å²) in [6.45, 7) is 14.5. The van der Waals surface area contributed by atoms with Crippen LogP contribution in [-0.4, -0.2) is 18.5 Å². The predicted octanol–water partition coefficient (Wildman–Crippen LogP) is 4.69. The minimum absolute atomic E-state index is 0.689. The van der Waals surface area contributed by atoms with Gasteiger partial charge in [-0.15, -0.1) is 0 Å². The molecule has 0 N–H and O–H groups in total. The van der Waals surface area contributed by atoms with Crippen LogP contribution in [0.15, 0.2) is 12.3 Å². The van der Waals surface area contributed by atoms with Gasteiger partial charge in [0.1, 0.15) is 0 Å². The van der Waals surface area contributed by atoms with Crippen LogP contribution in [-0.2, 0) is 0 Å². The fourth-order valence-electron chi connectivity index (χ4n) is 2.15. The molecule has 1 unspecified atom stereocenters. The van der Waals surface area contributed by atoms with Gasteiger partial charge < -0.3 is 4.90 Å². The third-order valence-corrected chi connectivity index (χ3v) is 3.37. The standard InChI is InChI=1S/C15H31N/c1-7-10-15(8-2)14(5)16(6)12-9-11-13(3)4/h13,15H,5,7-12H2,1-4,6H3. The van der Waals surface area contributed by atoms with Crippen molar-refractivity contribution < 1.29 is 0 Å². The lowest BCUT2D eigenvalue weighted by Crippen LogP contribution is -2.23. The Balaban J connectivity index is 3.95. The molecule has 1 heteroatoms. The Hall–Kier alpha value is -0.460. The van der Waals surface area contributed by atoms with Crippen molar-refractivity contribution in [1.82, 2.24) is 4.90 Å². The normalized spacial score (nSPS) is 12.9. The maximum atomic E-state index is 4.27. The van der Waals surface area contributed by atoms with Crippen molar-refractivity contribution in [1.29, 1.82) is 0 Å². The van der Waals surface area contributed by atoms with E-state index in [2.05, 4.69) is 46.2 Å². The highest BCUT2D eigenvalue weighted by atomic mass is 15.1. The highest BCUT2D eigenvalue weighted by Crippen LogP contribution is 2.22. The van der Waals surface area contributed by atoms with Crippen molar-refractivity contribution in [2.24, 2.45) is 11.8 Å². The number of nitrogens with zero attached hydrogens (tertiary/aromatic N) is 1. The lowest BCUT2D eigenvalue weighted by Gasteiger charge is -2.28. The van der Waals surface area contributed by atoms with Crippen molar-refractivity contribution in [3.8, 4) is 0 Å². The van der Waals surface area contributed by atoms with Crippen LogP contribution in [0.3, 0.4) is 0 Å². The Morgan fingerprint density at radius 1 is 1.19 bits per heavy atom. The van der Waals surface area contributed by atoms with Gasteiger partial charge in [0.05, 0.1) is 0 Å². The monoisotopic (exact) mass is 225 g/mol. The van der Waals surface area contributed by atoms with E-state index in [1.54, 1.807) is 0 Å². The molecule has 16 heavy (non-hydrogen) atoms. The topological polar surface area (TPSA) is 3.24 Å². The Morgan fingerprint density at radius 2 is 1.81 bits per heavy atom. The molecule has 0 aromatic carbocycles. The summed E-state index contributed by atoms with van der Waals surface area (Å²) in [6.07, 6.45) is 6.38. The molecule has 0 aliphatic rings. The molecule has 96 valence electrons. The smallest absolute Gasteiger partial charge is 0.0171 e. The molecule has 0 aliphatic heterocycles. The molecule has 0 saturated heterocycles. The molecule has 0 bridgehead atoms. The average molecular weight is 225 g/mol. The van der Waals surface area contributed by atoms with Gasteiger partial charge in [-0.2, -0.15) is 0 Å². The summed E-state index contributed by atoms with van der Waals surface area (Å²) in [5.74, 6) is 1.51. The molecular formula is C15H31N. The quantitative estimate of drug-likeness (QED) is 0.550. The Bertz CT molecular complexity index is 184. The second-order valence-corrected chi connectivity index (χ2v) is 5.34. The van der Waals surface area contributed by atoms with E-state index >= 15 is 0 Å². The summed E-state index contributed by atoms with van der Waals surface area (Å²) in [5, 5.41) is 0. The van der Waals surface area contributed by atoms with E-state index in [4.69, 9.17) is 0 Å². The predicted molar refractivity (Wildman–Crippen MR) is 74.5 cm³/mol. The fourth-order valence-corrected chi connectivity index (χ4v) is 2.15. The van der Waals surface area contributed by atoms with Gasteiger partial charge in [-0.25, -0.2) is 0 Å². The second-order valence-electron chi connectivity index (χ2n) is 5.34. The average Bonchev–Trinajstić information content (AvgIpc) is 2.24. The van der Waals surface area contributed by atoms with Crippen LogP contribution in [0.4, 0.5) is 0 Å². The molecule has 0 aromatic heterocycles. The number of rotatable bonds is 9. The van der Waals surface area contributed by atoms with Gasteiger partial charge in [0, 0.05) is 19.3 Å². The highest BCUT2D eigenvalue weighted by Gasteiger charge is 2.12. The Morgan fingerprint density at radius 3 is 2.25 bits per heavy atom. The molecule has 0 spiro atoms. The molecule has 0 aliphatic carbocycles. The molecule has 0 aromatic rings. The highest BCUT2D eigenvalue weighted by molar-refractivity contribution is 4.98. The van der Waals surface area contributed by atoms with E-state index in [1.807, 2.05) is 0 Å². The van der Waals surface area contributed by atoms with Gasteiger partial charge in [-0.05, 0) is 37.5 Å². The van der Waals surface area contributed by atoms with Crippen molar-refractivity contribution in [3.63, 3.8) is 0 Å². The lowest BCUT2D eigenvalue weighted by atomic mass is 9.96. The summed E-state index contributed by atoms with van der Waals surface area (Å²) in [4.78, 5) is 2.37. The molecule has 1 nitrogen and oxygen atoms in total. The number of allylic oxidation sites excluding steroid dienone is 1. The Kier molecular flexibility index (Phi) is 8.42. The zero-order valence-corrected chi connectivity index (χ0v) is 12.1. The molecule has 0 amide bonds. The van der Waals surface area contributed by atoms with Gasteiger partial charge in [-0.3, -0.25) is 0 Å². The zero-order valence-electron chi connectivity index (χ0n) is 12.1. The first-order chi connectivity index (χ1) is 7.52. The second kappa shape index (κ2) is 8.66. The van der Waals surface area contributed by atoms with Gasteiger partial charge >= 0.3 is 0 Å². The van der Waals surface area contributed by atoms with E-state index < -0.39 is 0 Å². The van der Waals surface area contributed by atoms with Gasteiger partial charge in [0.15, 0.2) is 0 Å². The minimum atomic E-state index is 0.689. The summed E-state index contributed by atoms with van der Waals surface area (Å²) in [6, 6.07) is 0. The lowest BCUT2D eigenvalue weighted by molar-refractivity contribution is 0.327.